The minimum Gasteiger partial charge on any atom is -0.480 e. The topological polar surface area (TPSA) is 70.0 Å². The fourth-order valence-electron chi connectivity index (χ4n) is 4.92. The number of alkyl halides is 2. The molecule has 0 aliphatic heterocycles. The second kappa shape index (κ2) is 19.2. The quantitative estimate of drug-likeness (QED) is 0.161. The van der Waals surface area contributed by atoms with Crippen LogP contribution in [-0.2, 0) is 13.0 Å². The molecule has 0 N–H and O–H groups in total. The molecule has 0 bridgehead atoms. The molecule has 6 nitrogen and oxygen atoms in total. The van der Waals surface area contributed by atoms with Gasteiger partial charge in [-0.05, 0) is 73.3 Å². The summed E-state index contributed by atoms with van der Waals surface area (Å²) in [5.74, 6) is -0.632. The molecule has 3 aromatic rings. The number of ether oxygens (including phenoxy) is 2. The molecule has 9 heteroatoms. The first-order valence-corrected chi connectivity index (χ1v) is 16.8. The van der Waals surface area contributed by atoms with Crippen LogP contribution < -0.4 is 9.47 Å². The number of benzene rings is 1. The minimum absolute atomic E-state index is 0.0481. The Labute approximate surface area is 280 Å². The van der Waals surface area contributed by atoms with Gasteiger partial charge in [0, 0.05) is 30.5 Å². The summed E-state index contributed by atoms with van der Waals surface area (Å²) < 4.78 is 52.2. The number of allylic oxidation sites excluding steroid dienone is 3. The van der Waals surface area contributed by atoms with Crippen molar-refractivity contribution in [2.24, 2.45) is 5.92 Å². The van der Waals surface area contributed by atoms with E-state index in [2.05, 4.69) is 40.4 Å². The van der Waals surface area contributed by atoms with Gasteiger partial charge in [-0.1, -0.05) is 66.7 Å². The van der Waals surface area contributed by atoms with Crippen LogP contribution in [0.3, 0.4) is 0 Å². The van der Waals surface area contributed by atoms with Gasteiger partial charge in [-0.25, -0.2) is 28.1 Å². The fourth-order valence-corrected chi connectivity index (χ4v) is 4.92. The van der Waals surface area contributed by atoms with E-state index in [0.717, 1.165) is 48.9 Å². The van der Waals surface area contributed by atoms with E-state index in [1.165, 1.54) is 26.2 Å². The highest BCUT2D eigenvalue weighted by atomic mass is 19.3. The maximum atomic E-state index is 14.8. The molecule has 4 rings (SSSR count). The lowest BCUT2D eigenvalue weighted by atomic mass is 9.92. The molecule has 1 unspecified atom stereocenters. The second-order valence-electron chi connectivity index (χ2n) is 11.9. The highest BCUT2D eigenvalue weighted by Crippen LogP contribution is 2.45. The number of nitrogens with zero attached hydrogens (tertiary/aromatic N) is 4. The number of rotatable bonds is 14. The normalized spacial score (nSPS) is 13.6. The lowest BCUT2D eigenvalue weighted by Gasteiger charge is -2.16. The molecular weight excluding hydrogens is 601 g/mol. The Bertz CT molecular complexity index is 1450. The van der Waals surface area contributed by atoms with Gasteiger partial charge in [0.25, 0.3) is 5.92 Å². The molecule has 1 atom stereocenters. The van der Waals surface area contributed by atoms with Crippen molar-refractivity contribution in [2.45, 2.75) is 118 Å². The molecule has 1 aliphatic carbocycles. The highest BCUT2D eigenvalue weighted by Gasteiger charge is 2.31. The summed E-state index contributed by atoms with van der Waals surface area (Å²) in [6.07, 6.45) is 11.1. The average molecular weight is 655 g/mol. The molecule has 1 saturated carbocycles. The molecule has 0 spiro atoms. The summed E-state index contributed by atoms with van der Waals surface area (Å²) in [6, 6.07) is 5.19. The van der Waals surface area contributed by atoms with Crippen LogP contribution in [0, 0.1) is 11.7 Å². The van der Waals surface area contributed by atoms with Gasteiger partial charge in [0.15, 0.2) is 5.82 Å². The minimum atomic E-state index is -2.60. The summed E-state index contributed by atoms with van der Waals surface area (Å²) in [5.41, 5.74) is 4.22. The maximum absolute atomic E-state index is 14.8. The molecule has 2 heterocycles. The van der Waals surface area contributed by atoms with Gasteiger partial charge in [-0.3, -0.25) is 0 Å². The molecule has 1 aromatic carbocycles. The van der Waals surface area contributed by atoms with Crippen LogP contribution in [0.5, 0.6) is 11.8 Å². The lowest BCUT2D eigenvalue weighted by Crippen LogP contribution is -2.15. The first-order valence-electron chi connectivity index (χ1n) is 16.8. The standard InChI is InChI=1S/C25H27FN4O2.C11H20F2.C2H6/c1-5-15(3)21-17(6-2)11-16(12-19(21)26)13-32-20-9-10-27-24(30-20)22-23(18-7-8-18)28-14-29-25(22)31-4;1-5-11(12,13)10(4)8-6-7-9(2)3;1-2/h5,9-12,14-15,18H,1,6-8,13H2,2-4H3;8-9H,5-7H2,1-4H3;1-2H3/b;10-8+;. The summed E-state index contributed by atoms with van der Waals surface area (Å²) in [6.45, 7) is 19.2. The number of halogens is 3. The molecule has 258 valence electrons. The van der Waals surface area contributed by atoms with E-state index < -0.39 is 5.92 Å². The van der Waals surface area contributed by atoms with Crippen LogP contribution in [0.4, 0.5) is 13.2 Å². The van der Waals surface area contributed by atoms with Crippen LogP contribution in [0.2, 0.25) is 0 Å². The van der Waals surface area contributed by atoms with Gasteiger partial charge < -0.3 is 9.47 Å². The van der Waals surface area contributed by atoms with Gasteiger partial charge in [-0.2, -0.15) is 4.98 Å². The summed E-state index contributed by atoms with van der Waals surface area (Å²) in [4.78, 5) is 17.6. The number of methoxy groups -OCH3 is 1. The molecule has 1 fully saturated rings. The Morgan fingerprint density at radius 1 is 1.11 bits per heavy atom. The number of aryl methyl sites for hydroxylation is 1. The van der Waals surface area contributed by atoms with Gasteiger partial charge in [0.05, 0.1) is 12.8 Å². The molecule has 0 radical (unpaired) electrons. The largest absolute Gasteiger partial charge is 0.480 e. The smallest absolute Gasteiger partial charge is 0.268 e. The highest BCUT2D eigenvalue weighted by molar-refractivity contribution is 5.66. The van der Waals surface area contributed by atoms with Gasteiger partial charge in [-0.15, -0.1) is 6.58 Å². The first kappa shape index (κ1) is 39.4. The second-order valence-corrected chi connectivity index (χ2v) is 11.9. The third kappa shape index (κ3) is 11.5. The zero-order valence-electron chi connectivity index (χ0n) is 29.7. The molecule has 2 aromatic heterocycles. The lowest BCUT2D eigenvalue weighted by molar-refractivity contribution is 0.0373. The van der Waals surface area contributed by atoms with E-state index in [4.69, 9.17) is 9.47 Å². The molecule has 0 amide bonds. The zero-order chi connectivity index (χ0) is 35.1. The van der Waals surface area contributed by atoms with Gasteiger partial charge in [0.2, 0.25) is 11.8 Å². The Morgan fingerprint density at radius 3 is 2.38 bits per heavy atom. The molecular formula is C38H53F3N4O2. The Balaban J connectivity index is 0.000000433. The van der Waals surface area contributed by atoms with E-state index in [9.17, 15) is 13.2 Å². The van der Waals surface area contributed by atoms with Gasteiger partial charge >= 0.3 is 0 Å². The Kier molecular flexibility index (Phi) is 16.1. The number of hydrogen-bond acceptors (Lipinski definition) is 6. The third-order valence-electron chi connectivity index (χ3n) is 7.92. The van der Waals surface area contributed by atoms with Crippen LogP contribution >= 0.6 is 0 Å². The predicted octanol–water partition coefficient (Wildman–Crippen LogP) is 10.8. The predicted molar refractivity (Wildman–Crippen MR) is 185 cm³/mol. The molecule has 47 heavy (non-hydrogen) atoms. The summed E-state index contributed by atoms with van der Waals surface area (Å²) in [7, 11) is 1.57. The van der Waals surface area contributed by atoms with Crippen molar-refractivity contribution < 1.29 is 22.6 Å². The van der Waals surface area contributed by atoms with Crippen LogP contribution in [0.15, 0.2) is 55.0 Å². The van der Waals surface area contributed by atoms with Crippen molar-refractivity contribution in [3.05, 3.63) is 83.2 Å². The van der Waals surface area contributed by atoms with E-state index >= 15 is 0 Å². The Morgan fingerprint density at radius 2 is 1.81 bits per heavy atom. The van der Waals surface area contributed by atoms with Crippen molar-refractivity contribution in [3.8, 4) is 23.1 Å². The van der Waals surface area contributed by atoms with Crippen LogP contribution in [-0.4, -0.2) is 33.0 Å². The van der Waals surface area contributed by atoms with E-state index in [-0.39, 0.29) is 30.3 Å². The monoisotopic (exact) mass is 654 g/mol. The maximum Gasteiger partial charge on any atom is 0.268 e. The average Bonchev–Trinajstić information content (AvgIpc) is 3.93. The van der Waals surface area contributed by atoms with Crippen molar-refractivity contribution in [3.63, 3.8) is 0 Å². The van der Waals surface area contributed by atoms with Crippen molar-refractivity contribution in [1.29, 1.82) is 0 Å². The number of hydrogen-bond donors (Lipinski definition) is 0. The molecule has 0 saturated heterocycles. The summed E-state index contributed by atoms with van der Waals surface area (Å²) in [5, 5.41) is 0. The molecule has 1 aliphatic rings. The SMILES string of the molecule is C=CC(C)c1c(F)cc(COc2ccnc(-c3c(OC)ncnc3C3CC3)n2)cc1CC.CC.CCC(F)(F)/C(C)=C/CCC(C)C. The van der Waals surface area contributed by atoms with Crippen molar-refractivity contribution in [2.75, 3.05) is 7.11 Å². The first-order chi connectivity index (χ1) is 22.4. The van der Waals surface area contributed by atoms with Crippen LogP contribution in [0.1, 0.15) is 122 Å². The van der Waals surface area contributed by atoms with E-state index in [0.29, 0.717) is 40.5 Å². The third-order valence-corrected chi connectivity index (χ3v) is 7.92. The zero-order valence-corrected chi connectivity index (χ0v) is 29.7. The van der Waals surface area contributed by atoms with Gasteiger partial charge in [0.1, 0.15) is 24.3 Å². The fraction of sp³-hybridized carbons (Fsp3) is 0.526. The van der Waals surface area contributed by atoms with Crippen molar-refractivity contribution in [1.82, 2.24) is 19.9 Å². The van der Waals surface area contributed by atoms with Crippen molar-refractivity contribution >= 4 is 0 Å². The van der Waals surface area contributed by atoms with E-state index in [1.807, 2.05) is 33.8 Å². The van der Waals surface area contributed by atoms with Crippen LogP contribution in [0.25, 0.3) is 11.4 Å². The van der Waals surface area contributed by atoms with E-state index in [1.54, 1.807) is 31.5 Å². The Hall–Kier alpha value is -3.75. The summed E-state index contributed by atoms with van der Waals surface area (Å²) >= 11 is 0. The number of aromatic nitrogens is 4.